The molecule has 0 saturated carbocycles. The van der Waals surface area contributed by atoms with E-state index in [-0.39, 0.29) is 5.91 Å². The van der Waals surface area contributed by atoms with Crippen molar-refractivity contribution in [1.82, 2.24) is 9.88 Å². The van der Waals surface area contributed by atoms with Crippen molar-refractivity contribution in [3.63, 3.8) is 0 Å². The lowest BCUT2D eigenvalue weighted by Crippen LogP contribution is -3.13. The SMILES string of the molecule is COc1cccc(C[NH+]2CCN(C(=O)c3cccnc3)CC2)c1OC. The van der Waals surface area contributed by atoms with Crippen LogP contribution >= 0.6 is 0 Å². The van der Waals surface area contributed by atoms with Gasteiger partial charge in [0, 0.05) is 12.4 Å². The molecular weight excluding hydrogens is 318 g/mol. The van der Waals surface area contributed by atoms with E-state index in [1.165, 1.54) is 4.90 Å². The van der Waals surface area contributed by atoms with Gasteiger partial charge in [0.15, 0.2) is 11.5 Å². The Labute approximate surface area is 148 Å². The number of methoxy groups -OCH3 is 2. The number of para-hydroxylation sites is 1. The molecule has 0 aliphatic carbocycles. The molecule has 1 aliphatic heterocycles. The van der Waals surface area contributed by atoms with Crippen molar-refractivity contribution in [1.29, 1.82) is 0 Å². The topological polar surface area (TPSA) is 56.1 Å². The van der Waals surface area contributed by atoms with Crippen molar-refractivity contribution in [3.05, 3.63) is 53.9 Å². The number of pyridine rings is 1. The maximum atomic E-state index is 12.5. The molecule has 1 aromatic carbocycles. The number of amides is 1. The quantitative estimate of drug-likeness (QED) is 0.866. The summed E-state index contributed by atoms with van der Waals surface area (Å²) in [6, 6.07) is 9.57. The number of carbonyl (C=O) groups is 1. The van der Waals surface area contributed by atoms with Crippen molar-refractivity contribution < 1.29 is 19.2 Å². The van der Waals surface area contributed by atoms with Crippen LogP contribution in [-0.2, 0) is 6.54 Å². The molecule has 3 rings (SSSR count). The average Bonchev–Trinajstić information content (AvgIpc) is 2.68. The van der Waals surface area contributed by atoms with Gasteiger partial charge in [0.1, 0.15) is 6.54 Å². The molecule has 6 heteroatoms. The fraction of sp³-hybridized carbons (Fsp3) is 0.368. The number of benzene rings is 1. The maximum Gasteiger partial charge on any atom is 0.255 e. The van der Waals surface area contributed by atoms with E-state index < -0.39 is 0 Å². The summed E-state index contributed by atoms with van der Waals surface area (Å²) < 4.78 is 10.9. The zero-order valence-corrected chi connectivity index (χ0v) is 14.7. The van der Waals surface area contributed by atoms with E-state index >= 15 is 0 Å². The van der Waals surface area contributed by atoms with Crippen LogP contribution in [0.5, 0.6) is 11.5 Å². The van der Waals surface area contributed by atoms with Gasteiger partial charge in [-0.1, -0.05) is 6.07 Å². The van der Waals surface area contributed by atoms with E-state index in [0.29, 0.717) is 5.56 Å². The fourth-order valence-electron chi connectivity index (χ4n) is 3.24. The Balaban J connectivity index is 1.61. The Bertz CT molecular complexity index is 713. The van der Waals surface area contributed by atoms with Crippen LogP contribution in [0.2, 0.25) is 0 Å². The molecule has 0 atom stereocenters. The number of nitrogens with zero attached hydrogens (tertiary/aromatic N) is 2. The molecule has 1 aromatic heterocycles. The molecule has 2 aromatic rings. The highest BCUT2D eigenvalue weighted by Crippen LogP contribution is 2.30. The predicted octanol–water partition coefficient (Wildman–Crippen LogP) is 0.640. The van der Waals surface area contributed by atoms with E-state index in [2.05, 4.69) is 11.1 Å². The summed E-state index contributed by atoms with van der Waals surface area (Å²) in [6.45, 7) is 4.17. The highest BCUT2D eigenvalue weighted by atomic mass is 16.5. The summed E-state index contributed by atoms with van der Waals surface area (Å²) in [5.74, 6) is 1.61. The smallest absolute Gasteiger partial charge is 0.255 e. The van der Waals surface area contributed by atoms with Crippen LogP contribution in [0.3, 0.4) is 0 Å². The van der Waals surface area contributed by atoms with E-state index in [9.17, 15) is 4.79 Å². The van der Waals surface area contributed by atoms with Crippen molar-refractivity contribution in [3.8, 4) is 11.5 Å². The van der Waals surface area contributed by atoms with Gasteiger partial charge in [-0.25, -0.2) is 0 Å². The van der Waals surface area contributed by atoms with E-state index in [1.807, 2.05) is 23.1 Å². The van der Waals surface area contributed by atoms with Gasteiger partial charge in [0.25, 0.3) is 5.91 Å². The third kappa shape index (κ3) is 3.91. The van der Waals surface area contributed by atoms with Crippen molar-refractivity contribution in [2.45, 2.75) is 6.54 Å². The molecule has 1 amide bonds. The molecule has 1 saturated heterocycles. The molecule has 0 spiro atoms. The summed E-state index contributed by atoms with van der Waals surface area (Å²) >= 11 is 0. The van der Waals surface area contributed by atoms with Gasteiger partial charge in [-0.15, -0.1) is 0 Å². The molecule has 132 valence electrons. The number of carbonyl (C=O) groups excluding carboxylic acids is 1. The lowest BCUT2D eigenvalue weighted by atomic mass is 10.1. The third-order valence-corrected chi connectivity index (χ3v) is 4.59. The monoisotopic (exact) mass is 342 g/mol. The lowest BCUT2D eigenvalue weighted by Gasteiger charge is -2.32. The number of hydrogen-bond donors (Lipinski definition) is 1. The number of aromatic nitrogens is 1. The Morgan fingerprint density at radius 3 is 2.60 bits per heavy atom. The molecule has 1 fully saturated rings. The highest BCUT2D eigenvalue weighted by molar-refractivity contribution is 5.93. The molecule has 1 N–H and O–H groups in total. The second-order valence-corrected chi connectivity index (χ2v) is 6.11. The van der Waals surface area contributed by atoms with Crippen LogP contribution in [0.4, 0.5) is 0 Å². The number of quaternary nitrogens is 1. The largest absolute Gasteiger partial charge is 0.493 e. The first-order valence-electron chi connectivity index (χ1n) is 8.45. The van der Waals surface area contributed by atoms with Gasteiger partial charge >= 0.3 is 0 Å². The minimum atomic E-state index is 0.0612. The van der Waals surface area contributed by atoms with Gasteiger partial charge in [-0.3, -0.25) is 9.78 Å². The van der Waals surface area contributed by atoms with Crippen LogP contribution in [0.25, 0.3) is 0 Å². The van der Waals surface area contributed by atoms with E-state index in [0.717, 1.165) is 49.8 Å². The van der Waals surface area contributed by atoms with Crippen molar-refractivity contribution in [2.75, 3.05) is 40.4 Å². The molecule has 0 unspecified atom stereocenters. The van der Waals surface area contributed by atoms with Gasteiger partial charge in [-0.05, 0) is 24.3 Å². The average molecular weight is 342 g/mol. The molecule has 6 nitrogen and oxygen atoms in total. The van der Waals surface area contributed by atoms with Gasteiger partial charge in [0.05, 0.1) is 51.5 Å². The summed E-state index contributed by atoms with van der Waals surface area (Å²) in [6.07, 6.45) is 3.31. The van der Waals surface area contributed by atoms with E-state index in [1.54, 1.807) is 32.7 Å². The Hall–Kier alpha value is -2.60. The minimum Gasteiger partial charge on any atom is -0.493 e. The molecule has 25 heavy (non-hydrogen) atoms. The zero-order valence-electron chi connectivity index (χ0n) is 14.7. The maximum absolute atomic E-state index is 12.5. The number of hydrogen-bond acceptors (Lipinski definition) is 4. The Kier molecular flexibility index (Phi) is 5.50. The highest BCUT2D eigenvalue weighted by Gasteiger charge is 2.25. The fourth-order valence-corrected chi connectivity index (χ4v) is 3.24. The molecule has 0 radical (unpaired) electrons. The summed E-state index contributed by atoms with van der Waals surface area (Å²) in [7, 11) is 3.32. The van der Waals surface area contributed by atoms with Crippen LogP contribution in [0, 0.1) is 0 Å². The van der Waals surface area contributed by atoms with Crippen LogP contribution in [0.1, 0.15) is 15.9 Å². The van der Waals surface area contributed by atoms with Crippen LogP contribution in [-0.4, -0.2) is 56.2 Å². The number of nitrogens with one attached hydrogen (secondary N) is 1. The number of rotatable bonds is 5. The van der Waals surface area contributed by atoms with Crippen molar-refractivity contribution >= 4 is 5.91 Å². The van der Waals surface area contributed by atoms with Gasteiger partial charge < -0.3 is 19.3 Å². The zero-order chi connectivity index (χ0) is 17.6. The third-order valence-electron chi connectivity index (χ3n) is 4.59. The molecular formula is C19H24N3O3+. The summed E-state index contributed by atoms with van der Waals surface area (Å²) in [5, 5.41) is 0. The second-order valence-electron chi connectivity index (χ2n) is 6.11. The first-order valence-corrected chi connectivity index (χ1v) is 8.45. The minimum absolute atomic E-state index is 0.0612. The summed E-state index contributed by atoms with van der Waals surface area (Å²) in [5.41, 5.74) is 1.78. The number of piperazine rings is 1. The summed E-state index contributed by atoms with van der Waals surface area (Å²) in [4.78, 5) is 19.9. The standard InChI is InChI=1S/C19H23N3O3/c1-24-17-7-3-5-16(18(17)25-2)14-21-9-11-22(12-10-21)19(23)15-6-4-8-20-13-15/h3-8,13H,9-12,14H2,1-2H3/p+1. The predicted molar refractivity (Wildman–Crippen MR) is 94.1 cm³/mol. The van der Waals surface area contributed by atoms with Crippen molar-refractivity contribution in [2.24, 2.45) is 0 Å². The van der Waals surface area contributed by atoms with E-state index in [4.69, 9.17) is 9.47 Å². The van der Waals surface area contributed by atoms with Crippen LogP contribution < -0.4 is 14.4 Å². The van der Waals surface area contributed by atoms with Gasteiger partial charge in [0.2, 0.25) is 0 Å². The normalized spacial score (nSPS) is 15.0. The Morgan fingerprint density at radius 1 is 1.16 bits per heavy atom. The Morgan fingerprint density at radius 2 is 1.96 bits per heavy atom. The first kappa shape index (κ1) is 17.2. The molecule has 1 aliphatic rings. The molecule has 2 heterocycles. The first-order chi connectivity index (χ1) is 12.2. The van der Waals surface area contributed by atoms with Gasteiger partial charge in [-0.2, -0.15) is 0 Å². The lowest BCUT2D eigenvalue weighted by molar-refractivity contribution is -0.917. The second kappa shape index (κ2) is 7.98. The molecule has 0 bridgehead atoms. The number of ether oxygens (including phenoxy) is 2. The van der Waals surface area contributed by atoms with Crippen LogP contribution in [0.15, 0.2) is 42.7 Å².